The number of nitro groups is 1. The van der Waals surface area contributed by atoms with Crippen LogP contribution in [0.5, 0.6) is 0 Å². The van der Waals surface area contributed by atoms with Crippen molar-refractivity contribution in [3.8, 4) is 0 Å². The zero-order valence-electron chi connectivity index (χ0n) is 9.93. The Bertz CT molecular complexity index is 747. The third-order valence-electron chi connectivity index (χ3n) is 2.39. The lowest BCUT2D eigenvalue weighted by molar-refractivity contribution is -0.385. The van der Waals surface area contributed by atoms with Crippen LogP contribution in [-0.4, -0.2) is 13.3 Å². The lowest BCUT2D eigenvalue weighted by Crippen LogP contribution is -2.13. The average Bonchev–Trinajstić information content (AvgIpc) is 2.38. The van der Waals surface area contributed by atoms with E-state index in [2.05, 4.69) is 4.72 Å². The summed E-state index contributed by atoms with van der Waals surface area (Å²) in [5.41, 5.74) is -0.383. The van der Waals surface area contributed by atoms with Gasteiger partial charge in [-0.3, -0.25) is 10.1 Å². The molecular formula is C12H8FN2O4S. The van der Waals surface area contributed by atoms with Gasteiger partial charge in [-0.25, -0.2) is 4.39 Å². The molecule has 0 aliphatic rings. The first-order valence-corrected chi connectivity index (χ1v) is 6.81. The van der Waals surface area contributed by atoms with Crippen molar-refractivity contribution in [2.75, 3.05) is 0 Å². The quantitative estimate of drug-likeness (QED) is 0.639. The molecule has 0 aliphatic carbocycles. The minimum Gasteiger partial charge on any atom is -0.258 e. The first-order valence-electron chi connectivity index (χ1n) is 5.37. The molecule has 103 valence electrons. The second kappa shape index (κ2) is 5.25. The van der Waals surface area contributed by atoms with E-state index < -0.39 is 31.3 Å². The highest BCUT2D eigenvalue weighted by Gasteiger charge is 2.23. The summed E-state index contributed by atoms with van der Waals surface area (Å²) in [5.74, 6) is -1.21. The Labute approximate surface area is 114 Å². The molecule has 2 aromatic rings. The molecule has 0 fully saturated rings. The number of nitro benzene ring substituents is 1. The van der Waals surface area contributed by atoms with E-state index in [9.17, 15) is 22.9 Å². The lowest BCUT2D eigenvalue weighted by atomic mass is 10.3. The molecule has 0 aliphatic heterocycles. The fraction of sp³-hybridized carbons (Fsp3) is 0. The van der Waals surface area contributed by atoms with Crippen LogP contribution < -0.4 is 4.72 Å². The first kappa shape index (κ1) is 13.9. The Hall–Kier alpha value is -2.48. The zero-order chi connectivity index (χ0) is 14.8. The predicted molar refractivity (Wildman–Crippen MR) is 68.5 cm³/mol. The van der Waals surface area contributed by atoms with Crippen molar-refractivity contribution in [1.29, 1.82) is 0 Å². The van der Waals surface area contributed by atoms with Crippen molar-refractivity contribution in [2.45, 2.75) is 4.90 Å². The predicted octanol–water partition coefficient (Wildman–Crippen LogP) is 2.36. The Morgan fingerprint density at radius 1 is 1.10 bits per heavy atom. The molecule has 0 heterocycles. The maximum atomic E-state index is 13.7. The van der Waals surface area contributed by atoms with Gasteiger partial charge in [-0.1, -0.05) is 18.2 Å². The average molecular weight is 295 g/mol. The third-order valence-corrected chi connectivity index (χ3v) is 3.72. The van der Waals surface area contributed by atoms with Gasteiger partial charge in [-0.05, 0) is 18.2 Å². The number of halogens is 1. The van der Waals surface area contributed by atoms with Crippen LogP contribution in [0, 0.1) is 15.9 Å². The van der Waals surface area contributed by atoms with Crippen molar-refractivity contribution in [1.82, 2.24) is 4.72 Å². The summed E-state index contributed by atoms with van der Waals surface area (Å²) in [5, 5.41) is 10.5. The van der Waals surface area contributed by atoms with Gasteiger partial charge in [0.25, 0.3) is 15.7 Å². The summed E-state index contributed by atoms with van der Waals surface area (Å²) < 4.78 is 41.0. The van der Waals surface area contributed by atoms with E-state index >= 15 is 0 Å². The lowest BCUT2D eigenvalue weighted by Gasteiger charge is -2.05. The molecule has 0 saturated heterocycles. The summed E-state index contributed by atoms with van der Waals surface area (Å²) in [4.78, 5) is 8.96. The molecule has 20 heavy (non-hydrogen) atoms. The second-order valence-corrected chi connectivity index (χ2v) is 5.35. The largest absolute Gasteiger partial charge is 0.285 e. The van der Waals surface area contributed by atoms with E-state index in [-0.39, 0.29) is 5.69 Å². The summed E-state index contributed by atoms with van der Waals surface area (Å²) in [6, 6.07) is 10.0. The summed E-state index contributed by atoms with van der Waals surface area (Å²) in [6.45, 7) is 0. The fourth-order valence-corrected chi connectivity index (χ4v) is 2.53. The maximum Gasteiger partial charge on any atom is 0.285 e. The molecule has 0 aromatic heterocycles. The van der Waals surface area contributed by atoms with Crippen LogP contribution in [0.15, 0.2) is 53.4 Å². The van der Waals surface area contributed by atoms with Crippen LogP contribution in [0.4, 0.5) is 15.8 Å². The summed E-state index contributed by atoms with van der Waals surface area (Å²) >= 11 is 0. The first-order chi connectivity index (χ1) is 9.40. The topological polar surface area (TPSA) is 91.4 Å². The number of nitrogens with zero attached hydrogens (tertiary/aromatic N) is 2. The molecule has 6 nitrogen and oxygen atoms in total. The molecule has 0 unspecified atom stereocenters. The van der Waals surface area contributed by atoms with E-state index in [1.807, 2.05) is 0 Å². The SMILES string of the molecule is O=[N+]([O-])c1ccc(S(=O)(=O)[N]c2ccccc2)c(F)c1. The van der Waals surface area contributed by atoms with Gasteiger partial charge < -0.3 is 0 Å². The summed E-state index contributed by atoms with van der Waals surface area (Å²) in [6.07, 6.45) is 0. The molecule has 0 atom stereocenters. The molecule has 1 radical (unpaired) electrons. The molecule has 0 amide bonds. The number of hydrogen-bond acceptors (Lipinski definition) is 4. The van der Waals surface area contributed by atoms with Crippen LogP contribution >= 0.6 is 0 Å². The van der Waals surface area contributed by atoms with Gasteiger partial charge in [0.1, 0.15) is 4.90 Å². The molecule has 2 rings (SSSR count). The monoisotopic (exact) mass is 295 g/mol. The Balaban J connectivity index is 2.37. The van der Waals surface area contributed by atoms with Crippen molar-refractivity contribution in [2.24, 2.45) is 0 Å². The van der Waals surface area contributed by atoms with Gasteiger partial charge in [0.05, 0.1) is 16.7 Å². The Kier molecular flexibility index (Phi) is 3.66. The van der Waals surface area contributed by atoms with Crippen LogP contribution in [-0.2, 0) is 10.0 Å². The molecular weight excluding hydrogens is 287 g/mol. The summed E-state index contributed by atoms with van der Waals surface area (Å²) in [7, 11) is -4.26. The van der Waals surface area contributed by atoms with Gasteiger partial charge in [-0.2, -0.15) is 13.1 Å². The molecule has 8 heteroatoms. The highest BCUT2D eigenvalue weighted by molar-refractivity contribution is 7.89. The molecule has 0 saturated carbocycles. The maximum absolute atomic E-state index is 13.7. The third kappa shape index (κ3) is 2.91. The smallest absolute Gasteiger partial charge is 0.258 e. The van der Waals surface area contributed by atoms with E-state index in [1.165, 1.54) is 12.1 Å². The Morgan fingerprint density at radius 2 is 1.75 bits per heavy atom. The normalized spacial score (nSPS) is 11.1. The minimum absolute atomic E-state index is 0.144. The zero-order valence-corrected chi connectivity index (χ0v) is 10.7. The van der Waals surface area contributed by atoms with E-state index in [1.54, 1.807) is 18.2 Å². The fourth-order valence-electron chi connectivity index (χ4n) is 1.49. The van der Waals surface area contributed by atoms with Gasteiger partial charge in [0, 0.05) is 6.07 Å². The number of benzene rings is 2. The van der Waals surface area contributed by atoms with E-state index in [0.717, 1.165) is 12.1 Å². The molecule has 0 N–H and O–H groups in total. The standard InChI is InChI=1S/C12H8FN2O4S/c13-11-8-10(15(16)17)6-7-12(11)20(18,19)14-9-4-2-1-3-5-9/h1-8H. The number of sulfonamides is 1. The van der Waals surface area contributed by atoms with Crippen molar-refractivity contribution in [3.05, 3.63) is 64.5 Å². The van der Waals surface area contributed by atoms with Crippen molar-refractivity contribution < 1.29 is 17.7 Å². The number of rotatable bonds is 4. The van der Waals surface area contributed by atoms with E-state index in [4.69, 9.17) is 0 Å². The van der Waals surface area contributed by atoms with Crippen LogP contribution in [0.2, 0.25) is 0 Å². The highest BCUT2D eigenvalue weighted by Crippen LogP contribution is 2.22. The van der Waals surface area contributed by atoms with Crippen molar-refractivity contribution >= 4 is 21.4 Å². The number of hydrogen-bond donors (Lipinski definition) is 0. The van der Waals surface area contributed by atoms with Gasteiger partial charge >= 0.3 is 0 Å². The van der Waals surface area contributed by atoms with Gasteiger partial charge in [0.2, 0.25) is 0 Å². The van der Waals surface area contributed by atoms with Crippen LogP contribution in [0.3, 0.4) is 0 Å². The van der Waals surface area contributed by atoms with E-state index in [0.29, 0.717) is 6.07 Å². The second-order valence-electron chi connectivity index (χ2n) is 3.77. The number of non-ortho nitro benzene ring substituents is 1. The minimum atomic E-state index is -4.26. The molecule has 0 spiro atoms. The van der Waals surface area contributed by atoms with Gasteiger partial charge in [0.15, 0.2) is 5.82 Å². The van der Waals surface area contributed by atoms with Crippen LogP contribution in [0.1, 0.15) is 0 Å². The highest BCUT2D eigenvalue weighted by atomic mass is 32.2. The van der Waals surface area contributed by atoms with Gasteiger partial charge in [-0.15, -0.1) is 0 Å². The van der Waals surface area contributed by atoms with Crippen molar-refractivity contribution in [3.63, 3.8) is 0 Å². The van der Waals surface area contributed by atoms with Crippen LogP contribution in [0.25, 0.3) is 0 Å². The Morgan fingerprint density at radius 3 is 2.30 bits per heavy atom. The molecule has 2 aromatic carbocycles. The molecule has 0 bridgehead atoms.